The van der Waals surface area contributed by atoms with Crippen LogP contribution in [0.4, 0.5) is 5.00 Å². The van der Waals surface area contributed by atoms with Crippen LogP contribution >= 0.6 is 22.9 Å². The highest BCUT2D eigenvalue weighted by Gasteiger charge is 2.32. The van der Waals surface area contributed by atoms with Gasteiger partial charge in [-0.05, 0) is 61.9 Å². The number of rotatable bonds is 5. The maximum atomic E-state index is 13.3. The number of ketones is 1. The fourth-order valence-electron chi connectivity index (χ4n) is 4.42. The van der Waals surface area contributed by atoms with Gasteiger partial charge >= 0.3 is 0 Å². The average molecular weight is 459 g/mol. The molecule has 1 aromatic heterocycles. The minimum atomic E-state index is -0.147. The zero-order valence-corrected chi connectivity index (χ0v) is 19.4. The topological polar surface area (TPSA) is 66.5 Å². The Morgan fingerprint density at radius 3 is 2.42 bits per heavy atom. The van der Waals surface area contributed by atoms with Gasteiger partial charge in [-0.25, -0.2) is 0 Å². The number of carbonyl (C=O) groups is 3. The zero-order valence-electron chi connectivity index (χ0n) is 17.9. The van der Waals surface area contributed by atoms with Crippen molar-refractivity contribution >= 4 is 45.5 Å². The normalized spacial score (nSPS) is 16.5. The molecular formula is C24H27ClN2O3S. The number of hydrogen-bond donors (Lipinski definition) is 1. The van der Waals surface area contributed by atoms with E-state index in [0.29, 0.717) is 47.1 Å². The molecule has 1 aliphatic carbocycles. The van der Waals surface area contributed by atoms with Crippen LogP contribution in [0, 0.1) is 11.8 Å². The van der Waals surface area contributed by atoms with Crippen LogP contribution < -0.4 is 5.32 Å². The van der Waals surface area contributed by atoms with Crippen molar-refractivity contribution in [3.05, 3.63) is 50.9 Å². The Bertz CT molecular complexity index is 1000. The number of likely N-dealkylation sites (tertiary alicyclic amines) is 1. The zero-order chi connectivity index (χ0) is 22.1. The van der Waals surface area contributed by atoms with Crippen molar-refractivity contribution in [3.63, 3.8) is 0 Å². The third-order valence-electron chi connectivity index (χ3n) is 6.16. The fraction of sp³-hybridized carbons (Fsp3) is 0.458. The van der Waals surface area contributed by atoms with Gasteiger partial charge < -0.3 is 10.2 Å². The summed E-state index contributed by atoms with van der Waals surface area (Å²) >= 11 is 7.51. The average Bonchev–Trinajstić information content (AvgIpc) is 3.34. The van der Waals surface area contributed by atoms with E-state index in [4.69, 9.17) is 11.6 Å². The lowest BCUT2D eigenvalue weighted by molar-refractivity contribution is -0.137. The van der Waals surface area contributed by atoms with Gasteiger partial charge in [0.2, 0.25) is 11.8 Å². The quantitative estimate of drug-likeness (QED) is 0.644. The summed E-state index contributed by atoms with van der Waals surface area (Å²) in [4.78, 5) is 41.6. The Hall–Kier alpha value is -2.18. The van der Waals surface area contributed by atoms with E-state index in [2.05, 4.69) is 5.32 Å². The molecule has 0 atom stereocenters. The molecule has 2 aromatic rings. The highest BCUT2D eigenvalue weighted by Crippen LogP contribution is 2.40. The number of benzene rings is 1. The van der Waals surface area contributed by atoms with Gasteiger partial charge in [0.15, 0.2) is 5.78 Å². The Morgan fingerprint density at radius 1 is 1.10 bits per heavy atom. The number of hydrogen-bond acceptors (Lipinski definition) is 4. The van der Waals surface area contributed by atoms with Crippen LogP contribution in [0.5, 0.6) is 0 Å². The molecule has 0 unspecified atom stereocenters. The van der Waals surface area contributed by atoms with Crippen molar-refractivity contribution < 1.29 is 14.4 Å². The SMILES string of the molecule is CC(C)C(=O)N1CCC(C(=O)Nc2sc3c(c2C(=O)c2ccc(Cl)cc2)CCC3)CC1. The van der Waals surface area contributed by atoms with Crippen LogP contribution in [0.15, 0.2) is 24.3 Å². The minimum Gasteiger partial charge on any atom is -0.342 e. The van der Waals surface area contributed by atoms with Crippen LogP contribution in [-0.4, -0.2) is 35.6 Å². The second kappa shape index (κ2) is 9.13. The molecular weight excluding hydrogens is 432 g/mol. The molecule has 2 amide bonds. The van der Waals surface area contributed by atoms with Crippen LogP contribution in [0.25, 0.3) is 0 Å². The molecule has 2 heterocycles. The summed E-state index contributed by atoms with van der Waals surface area (Å²) in [6, 6.07) is 6.89. The number of aryl methyl sites for hydroxylation is 1. The Balaban J connectivity index is 1.50. The van der Waals surface area contributed by atoms with Gasteiger partial charge in [-0.15, -0.1) is 11.3 Å². The molecule has 2 aliphatic rings. The first kappa shape index (κ1) is 22.0. The van der Waals surface area contributed by atoms with Crippen molar-refractivity contribution in [1.82, 2.24) is 4.90 Å². The number of carbonyl (C=O) groups excluding carboxylic acids is 3. The van der Waals surface area contributed by atoms with Gasteiger partial charge in [0.25, 0.3) is 0 Å². The first-order chi connectivity index (χ1) is 14.8. The molecule has 0 spiro atoms. The van der Waals surface area contributed by atoms with E-state index in [9.17, 15) is 14.4 Å². The molecule has 1 aliphatic heterocycles. The molecule has 7 heteroatoms. The lowest BCUT2D eigenvalue weighted by atomic mass is 9.94. The van der Waals surface area contributed by atoms with Gasteiger partial charge in [-0.1, -0.05) is 25.4 Å². The summed E-state index contributed by atoms with van der Waals surface area (Å²) in [6.07, 6.45) is 4.16. The lowest BCUT2D eigenvalue weighted by Crippen LogP contribution is -2.43. The molecule has 0 bridgehead atoms. The van der Waals surface area contributed by atoms with E-state index in [1.165, 1.54) is 16.2 Å². The van der Waals surface area contributed by atoms with Crippen molar-refractivity contribution in [2.24, 2.45) is 11.8 Å². The van der Waals surface area contributed by atoms with Crippen molar-refractivity contribution in [2.45, 2.75) is 46.0 Å². The van der Waals surface area contributed by atoms with Crippen LogP contribution in [0.2, 0.25) is 5.02 Å². The number of halogens is 1. The maximum absolute atomic E-state index is 13.3. The molecule has 5 nitrogen and oxygen atoms in total. The largest absolute Gasteiger partial charge is 0.342 e. The standard InChI is InChI=1S/C24H27ClN2O3S/c1-14(2)24(30)27-12-10-16(11-13-27)22(29)26-23-20(18-4-3-5-19(18)31-23)21(28)15-6-8-17(25)9-7-15/h6-9,14,16H,3-5,10-13H2,1-2H3,(H,26,29). The molecule has 164 valence electrons. The Kier molecular flexibility index (Phi) is 6.49. The first-order valence-corrected chi connectivity index (χ1v) is 12.1. The van der Waals surface area contributed by atoms with Crippen LogP contribution in [0.1, 0.15) is 59.5 Å². The van der Waals surface area contributed by atoms with Crippen molar-refractivity contribution in [2.75, 3.05) is 18.4 Å². The van der Waals surface area contributed by atoms with Gasteiger partial charge in [0, 0.05) is 40.4 Å². The number of piperidine rings is 1. The van der Waals surface area contributed by atoms with Gasteiger partial charge in [-0.2, -0.15) is 0 Å². The van der Waals surface area contributed by atoms with Crippen molar-refractivity contribution in [3.8, 4) is 0 Å². The van der Waals surface area contributed by atoms with Crippen LogP contribution in [0.3, 0.4) is 0 Å². The molecule has 1 fully saturated rings. The molecule has 1 aromatic carbocycles. The van der Waals surface area contributed by atoms with E-state index in [1.54, 1.807) is 24.3 Å². The number of nitrogens with one attached hydrogen (secondary N) is 1. The first-order valence-electron chi connectivity index (χ1n) is 10.9. The third-order valence-corrected chi connectivity index (χ3v) is 7.62. The Morgan fingerprint density at radius 2 is 1.77 bits per heavy atom. The summed E-state index contributed by atoms with van der Waals surface area (Å²) in [5, 5.41) is 4.32. The summed E-state index contributed by atoms with van der Waals surface area (Å²) in [7, 11) is 0. The molecule has 1 saturated heterocycles. The highest BCUT2D eigenvalue weighted by atomic mass is 35.5. The number of fused-ring (bicyclic) bond motifs is 1. The lowest BCUT2D eigenvalue weighted by Gasteiger charge is -2.32. The van der Waals surface area contributed by atoms with Crippen LogP contribution in [-0.2, 0) is 22.4 Å². The molecule has 4 rings (SSSR count). The summed E-state index contributed by atoms with van der Waals surface area (Å²) in [5.74, 6) is -0.151. The number of anilines is 1. The van der Waals surface area contributed by atoms with Crippen molar-refractivity contribution in [1.29, 1.82) is 0 Å². The van der Waals surface area contributed by atoms with E-state index in [0.717, 1.165) is 24.8 Å². The molecule has 1 N–H and O–H groups in total. The third kappa shape index (κ3) is 4.55. The number of nitrogens with zero attached hydrogens (tertiary/aromatic N) is 1. The monoisotopic (exact) mass is 458 g/mol. The smallest absolute Gasteiger partial charge is 0.228 e. The molecule has 0 saturated carbocycles. The summed E-state index contributed by atoms with van der Waals surface area (Å²) in [6.45, 7) is 5.01. The second-order valence-electron chi connectivity index (χ2n) is 8.64. The summed E-state index contributed by atoms with van der Waals surface area (Å²) in [5.41, 5.74) is 2.30. The number of thiophene rings is 1. The minimum absolute atomic E-state index is 0.0275. The summed E-state index contributed by atoms with van der Waals surface area (Å²) < 4.78 is 0. The predicted molar refractivity (Wildman–Crippen MR) is 124 cm³/mol. The molecule has 0 radical (unpaired) electrons. The fourth-order valence-corrected chi connectivity index (χ4v) is 5.83. The van der Waals surface area contributed by atoms with E-state index < -0.39 is 0 Å². The van der Waals surface area contributed by atoms with E-state index in [-0.39, 0.29) is 29.4 Å². The predicted octanol–water partition coefficient (Wildman–Crippen LogP) is 4.95. The molecule has 31 heavy (non-hydrogen) atoms. The van der Waals surface area contributed by atoms with Gasteiger partial charge in [0.05, 0.1) is 5.56 Å². The van der Waals surface area contributed by atoms with Gasteiger partial charge in [0.1, 0.15) is 5.00 Å². The number of amides is 2. The maximum Gasteiger partial charge on any atom is 0.228 e. The second-order valence-corrected chi connectivity index (χ2v) is 10.2. The van der Waals surface area contributed by atoms with E-state index in [1.807, 2.05) is 18.7 Å². The van der Waals surface area contributed by atoms with Gasteiger partial charge in [-0.3, -0.25) is 14.4 Å². The van der Waals surface area contributed by atoms with E-state index >= 15 is 0 Å². The Labute approximate surface area is 191 Å². The highest BCUT2D eigenvalue weighted by molar-refractivity contribution is 7.17.